The van der Waals surface area contributed by atoms with Crippen molar-refractivity contribution >= 4 is 0 Å². The molecule has 1 saturated carbocycles. The minimum atomic E-state index is 0.352. The molecule has 0 radical (unpaired) electrons. The summed E-state index contributed by atoms with van der Waals surface area (Å²) in [5.74, 6) is 1.70. The third-order valence-electron chi connectivity index (χ3n) is 3.49. The number of benzene rings is 1. The highest BCUT2D eigenvalue weighted by Crippen LogP contribution is 2.29. The fourth-order valence-electron chi connectivity index (χ4n) is 2.52. The van der Waals surface area contributed by atoms with Gasteiger partial charge in [0.1, 0.15) is 5.75 Å². The first kappa shape index (κ1) is 12.0. The summed E-state index contributed by atoms with van der Waals surface area (Å²) in [4.78, 5) is 0. The van der Waals surface area contributed by atoms with Gasteiger partial charge in [0.25, 0.3) is 0 Å². The summed E-state index contributed by atoms with van der Waals surface area (Å²) in [5.41, 5.74) is 1.76. The van der Waals surface area contributed by atoms with Crippen molar-refractivity contribution in [2.24, 2.45) is 5.92 Å². The Morgan fingerprint density at radius 3 is 2.82 bits per heavy atom. The third kappa shape index (κ3) is 3.00. The Bertz CT molecular complexity index is 433. The summed E-state index contributed by atoms with van der Waals surface area (Å²) in [7, 11) is 0. The molecule has 1 aliphatic rings. The average Bonchev–Trinajstić information content (AvgIpc) is 2.32. The highest BCUT2D eigenvalue weighted by atomic mass is 16.5. The van der Waals surface area contributed by atoms with Crippen molar-refractivity contribution in [2.45, 2.75) is 45.6 Å². The van der Waals surface area contributed by atoms with E-state index in [1.807, 2.05) is 25.1 Å². The second-order valence-electron chi connectivity index (χ2n) is 5.10. The molecule has 0 heterocycles. The molecule has 0 amide bonds. The molecular weight excluding hydrogens is 210 g/mol. The van der Waals surface area contributed by atoms with E-state index in [1.54, 1.807) is 0 Å². The summed E-state index contributed by atoms with van der Waals surface area (Å²) >= 11 is 0. The van der Waals surface area contributed by atoms with E-state index in [-0.39, 0.29) is 0 Å². The van der Waals surface area contributed by atoms with Gasteiger partial charge in [0.2, 0.25) is 0 Å². The lowest BCUT2D eigenvalue weighted by molar-refractivity contribution is 0.128. The molecule has 0 aliphatic heterocycles. The summed E-state index contributed by atoms with van der Waals surface area (Å²) in [6.45, 7) is 4.30. The van der Waals surface area contributed by atoms with E-state index in [4.69, 9.17) is 10.00 Å². The normalized spacial score (nSPS) is 24.1. The van der Waals surface area contributed by atoms with Crippen LogP contribution in [0.4, 0.5) is 0 Å². The number of rotatable bonds is 2. The van der Waals surface area contributed by atoms with Crippen molar-refractivity contribution < 1.29 is 4.74 Å². The number of hydrogen-bond donors (Lipinski definition) is 0. The number of nitrogens with zero attached hydrogens (tertiary/aromatic N) is 1. The van der Waals surface area contributed by atoms with Gasteiger partial charge in [-0.25, -0.2) is 0 Å². The van der Waals surface area contributed by atoms with Gasteiger partial charge >= 0.3 is 0 Å². The predicted octanol–water partition coefficient (Wildman–Crippen LogP) is 3.82. The molecule has 2 atom stereocenters. The smallest absolute Gasteiger partial charge is 0.122 e. The molecule has 1 fully saturated rings. The highest BCUT2D eigenvalue weighted by Gasteiger charge is 2.20. The Balaban J connectivity index is 2.06. The SMILES string of the molecule is Cc1cc(C#N)ccc1OC1CCCC(C)C1. The molecule has 0 bridgehead atoms. The zero-order chi connectivity index (χ0) is 12.3. The van der Waals surface area contributed by atoms with Crippen molar-refractivity contribution in [3.8, 4) is 11.8 Å². The minimum absolute atomic E-state index is 0.352. The van der Waals surface area contributed by atoms with Gasteiger partial charge in [0, 0.05) is 0 Å². The predicted molar refractivity (Wildman–Crippen MR) is 67.9 cm³/mol. The van der Waals surface area contributed by atoms with Crippen LogP contribution in [0.25, 0.3) is 0 Å². The summed E-state index contributed by atoms with van der Waals surface area (Å²) in [6, 6.07) is 7.79. The van der Waals surface area contributed by atoms with Crippen LogP contribution < -0.4 is 4.74 Å². The molecule has 0 saturated heterocycles. The van der Waals surface area contributed by atoms with Gasteiger partial charge in [-0.3, -0.25) is 0 Å². The Labute approximate surface area is 103 Å². The zero-order valence-electron chi connectivity index (χ0n) is 10.6. The minimum Gasteiger partial charge on any atom is -0.490 e. The van der Waals surface area contributed by atoms with E-state index in [1.165, 1.54) is 12.8 Å². The van der Waals surface area contributed by atoms with E-state index in [0.29, 0.717) is 11.7 Å². The molecule has 1 aromatic carbocycles. The molecule has 2 rings (SSSR count). The molecule has 2 nitrogen and oxygen atoms in total. The topological polar surface area (TPSA) is 33.0 Å². The fourth-order valence-corrected chi connectivity index (χ4v) is 2.52. The van der Waals surface area contributed by atoms with Crippen LogP contribution in [0.5, 0.6) is 5.75 Å². The second kappa shape index (κ2) is 5.23. The van der Waals surface area contributed by atoms with E-state index in [0.717, 1.165) is 30.1 Å². The second-order valence-corrected chi connectivity index (χ2v) is 5.10. The monoisotopic (exact) mass is 229 g/mol. The largest absolute Gasteiger partial charge is 0.490 e. The van der Waals surface area contributed by atoms with Crippen LogP contribution in [0.3, 0.4) is 0 Å². The Morgan fingerprint density at radius 1 is 1.35 bits per heavy atom. The Hall–Kier alpha value is -1.49. The average molecular weight is 229 g/mol. The molecule has 0 N–H and O–H groups in total. The van der Waals surface area contributed by atoms with Crippen LogP contribution >= 0.6 is 0 Å². The summed E-state index contributed by atoms with van der Waals surface area (Å²) in [5, 5.41) is 8.82. The van der Waals surface area contributed by atoms with Crippen molar-refractivity contribution in [2.75, 3.05) is 0 Å². The number of hydrogen-bond acceptors (Lipinski definition) is 2. The maximum atomic E-state index is 8.82. The lowest BCUT2D eigenvalue weighted by Crippen LogP contribution is -2.24. The van der Waals surface area contributed by atoms with Crippen molar-refractivity contribution in [3.05, 3.63) is 29.3 Å². The van der Waals surface area contributed by atoms with E-state index >= 15 is 0 Å². The standard InChI is InChI=1S/C15H19NO/c1-11-4-3-5-14(8-11)17-15-7-6-13(10-16)9-12(15)2/h6-7,9,11,14H,3-5,8H2,1-2H3. The summed E-state index contributed by atoms with van der Waals surface area (Å²) in [6.07, 6.45) is 5.25. The van der Waals surface area contributed by atoms with Crippen LogP contribution in [-0.4, -0.2) is 6.10 Å². The van der Waals surface area contributed by atoms with Gasteiger partial charge in [-0.2, -0.15) is 5.26 Å². The number of aryl methyl sites for hydroxylation is 1. The number of ether oxygens (including phenoxy) is 1. The van der Waals surface area contributed by atoms with Crippen molar-refractivity contribution in [1.82, 2.24) is 0 Å². The van der Waals surface area contributed by atoms with Crippen LogP contribution in [0.2, 0.25) is 0 Å². The van der Waals surface area contributed by atoms with Gasteiger partial charge in [-0.15, -0.1) is 0 Å². The zero-order valence-corrected chi connectivity index (χ0v) is 10.6. The lowest BCUT2D eigenvalue weighted by atomic mass is 9.88. The molecule has 2 heteroatoms. The first-order valence-electron chi connectivity index (χ1n) is 6.36. The maximum Gasteiger partial charge on any atom is 0.122 e. The molecule has 0 spiro atoms. The van der Waals surface area contributed by atoms with Crippen LogP contribution in [0, 0.1) is 24.2 Å². The Morgan fingerprint density at radius 2 is 2.18 bits per heavy atom. The fraction of sp³-hybridized carbons (Fsp3) is 0.533. The van der Waals surface area contributed by atoms with Crippen LogP contribution in [0.1, 0.15) is 43.7 Å². The van der Waals surface area contributed by atoms with Gasteiger partial charge in [-0.1, -0.05) is 13.3 Å². The quantitative estimate of drug-likeness (QED) is 0.772. The first-order valence-corrected chi connectivity index (χ1v) is 6.36. The molecule has 1 aliphatic carbocycles. The highest BCUT2D eigenvalue weighted by molar-refractivity contribution is 5.41. The first-order chi connectivity index (χ1) is 8.19. The number of nitriles is 1. The molecule has 90 valence electrons. The third-order valence-corrected chi connectivity index (χ3v) is 3.49. The lowest BCUT2D eigenvalue weighted by Gasteiger charge is -2.28. The van der Waals surface area contributed by atoms with E-state index in [2.05, 4.69) is 13.0 Å². The van der Waals surface area contributed by atoms with Gasteiger partial charge in [0.15, 0.2) is 0 Å². The molecule has 2 unspecified atom stereocenters. The van der Waals surface area contributed by atoms with Gasteiger partial charge < -0.3 is 4.74 Å². The van der Waals surface area contributed by atoms with E-state index < -0.39 is 0 Å². The molecule has 1 aromatic rings. The van der Waals surface area contributed by atoms with Crippen molar-refractivity contribution in [1.29, 1.82) is 5.26 Å². The van der Waals surface area contributed by atoms with Crippen LogP contribution in [-0.2, 0) is 0 Å². The van der Waals surface area contributed by atoms with Gasteiger partial charge in [0.05, 0.1) is 17.7 Å². The van der Waals surface area contributed by atoms with E-state index in [9.17, 15) is 0 Å². The van der Waals surface area contributed by atoms with Crippen molar-refractivity contribution in [3.63, 3.8) is 0 Å². The molecular formula is C15H19NO. The maximum absolute atomic E-state index is 8.82. The summed E-state index contributed by atoms with van der Waals surface area (Å²) < 4.78 is 6.05. The molecule has 17 heavy (non-hydrogen) atoms. The Kier molecular flexibility index (Phi) is 3.68. The molecule has 0 aromatic heterocycles. The van der Waals surface area contributed by atoms with Gasteiger partial charge in [-0.05, 0) is 55.9 Å². The van der Waals surface area contributed by atoms with Crippen LogP contribution in [0.15, 0.2) is 18.2 Å².